The lowest BCUT2D eigenvalue weighted by Gasteiger charge is -2.46. The maximum atomic E-state index is 14.4. The number of urea groups is 1. The Kier molecular flexibility index (Phi) is 5.55. The van der Waals surface area contributed by atoms with E-state index in [9.17, 15) is 14.0 Å². The van der Waals surface area contributed by atoms with Crippen molar-refractivity contribution in [2.75, 3.05) is 25.0 Å². The maximum Gasteiger partial charge on any atom is 0.328 e. The second-order valence-electron chi connectivity index (χ2n) is 9.24. The summed E-state index contributed by atoms with van der Waals surface area (Å²) >= 11 is 6.19. The van der Waals surface area contributed by atoms with Gasteiger partial charge in [-0.3, -0.25) is 19.9 Å². The van der Waals surface area contributed by atoms with E-state index in [-0.39, 0.29) is 29.3 Å². The lowest BCUT2D eigenvalue weighted by atomic mass is 10.0. The quantitative estimate of drug-likeness (QED) is 0.745. The third-order valence-electron chi connectivity index (χ3n) is 6.83. The van der Waals surface area contributed by atoms with Crippen molar-refractivity contribution in [2.24, 2.45) is 5.92 Å². The molecule has 0 bridgehead atoms. The Bertz CT molecular complexity index is 1080. The average molecular weight is 472 g/mol. The van der Waals surface area contributed by atoms with E-state index in [2.05, 4.69) is 46.3 Å². The van der Waals surface area contributed by atoms with Gasteiger partial charge in [0.2, 0.25) is 0 Å². The van der Waals surface area contributed by atoms with E-state index in [0.717, 1.165) is 17.1 Å². The molecule has 3 saturated heterocycles. The molecular weight excluding hydrogens is 445 g/mol. The first-order valence-corrected chi connectivity index (χ1v) is 11.5. The van der Waals surface area contributed by atoms with Crippen LogP contribution in [0.25, 0.3) is 0 Å². The Hall–Kier alpha value is -2.68. The van der Waals surface area contributed by atoms with Gasteiger partial charge in [0.15, 0.2) is 0 Å². The number of fused-ring (bicyclic) bond motifs is 3. The summed E-state index contributed by atoms with van der Waals surface area (Å²) in [6.07, 6.45) is -0.698. The topological polar surface area (TPSA) is 59.1 Å². The highest BCUT2D eigenvalue weighted by Gasteiger charge is 2.56. The zero-order chi connectivity index (χ0) is 23.4. The monoisotopic (exact) mass is 471 g/mol. The number of carbonyl (C=O) groups excluding carboxylic acids is 2. The largest absolute Gasteiger partial charge is 0.343 e. The van der Waals surface area contributed by atoms with Crippen LogP contribution in [0.4, 0.5) is 14.9 Å². The lowest BCUT2D eigenvalue weighted by molar-refractivity contribution is -0.139. The summed E-state index contributed by atoms with van der Waals surface area (Å²) in [4.78, 5) is 33.8. The number of anilines is 1. The Labute approximate surface area is 197 Å². The van der Waals surface area contributed by atoms with Crippen LogP contribution in [0.1, 0.15) is 18.1 Å². The molecule has 3 heterocycles. The van der Waals surface area contributed by atoms with Crippen molar-refractivity contribution in [1.29, 1.82) is 0 Å². The predicted octanol–water partition coefficient (Wildman–Crippen LogP) is 3.22. The number of carbonyl (C=O) groups is 2. The zero-order valence-corrected chi connectivity index (χ0v) is 19.6. The molecular formula is C24H27ClFN5O2. The number of rotatable bonds is 3. The number of hydrogen-bond donors (Lipinski definition) is 1. The van der Waals surface area contributed by atoms with Gasteiger partial charge in [-0.15, -0.1) is 0 Å². The van der Waals surface area contributed by atoms with Crippen LogP contribution >= 0.6 is 11.6 Å². The fourth-order valence-corrected chi connectivity index (χ4v) is 5.37. The van der Waals surface area contributed by atoms with Crippen LogP contribution in [-0.4, -0.2) is 65.3 Å². The minimum absolute atomic E-state index is 0.142. The van der Waals surface area contributed by atoms with Gasteiger partial charge in [0, 0.05) is 36.4 Å². The number of aryl methyl sites for hydroxylation is 1. The summed E-state index contributed by atoms with van der Waals surface area (Å²) in [5.74, 6) is -0.559. The van der Waals surface area contributed by atoms with Crippen molar-refractivity contribution in [2.45, 2.75) is 38.9 Å². The van der Waals surface area contributed by atoms with Crippen molar-refractivity contribution >= 4 is 29.2 Å². The number of nitrogens with zero attached hydrogens (tertiary/aromatic N) is 4. The van der Waals surface area contributed by atoms with Gasteiger partial charge in [-0.1, -0.05) is 42.3 Å². The Morgan fingerprint density at radius 3 is 2.55 bits per heavy atom. The Morgan fingerprint density at radius 2 is 1.85 bits per heavy atom. The van der Waals surface area contributed by atoms with Crippen LogP contribution in [0.2, 0.25) is 5.02 Å². The smallest absolute Gasteiger partial charge is 0.328 e. The number of likely N-dealkylation sites (N-methyl/N-ethyl adjacent to an activating group) is 1. The van der Waals surface area contributed by atoms with Crippen molar-refractivity contribution in [3.63, 3.8) is 0 Å². The highest BCUT2D eigenvalue weighted by atomic mass is 35.5. The minimum atomic E-state index is -0.570. The molecule has 7 nitrogen and oxygen atoms in total. The molecule has 33 heavy (non-hydrogen) atoms. The van der Waals surface area contributed by atoms with Gasteiger partial charge in [-0.05, 0) is 37.1 Å². The molecule has 0 radical (unpaired) electrons. The summed E-state index contributed by atoms with van der Waals surface area (Å²) in [6.45, 7) is 5.55. The predicted molar refractivity (Wildman–Crippen MR) is 124 cm³/mol. The summed E-state index contributed by atoms with van der Waals surface area (Å²) in [5.41, 5.74) is 2.38. The Morgan fingerprint density at radius 1 is 1.12 bits per heavy atom. The van der Waals surface area contributed by atoms with Crippen LogP contribution in [0.3, 0.4) is 0 Å². The van der Waals surface area contributed by atoms with E-state index in [1.807, 2.05) is 6.92 Å². The summed E-state index contributed by atoms with van der Waals surface area (Å²) < 4.78 is 14.4. The number of benzene rings is 2. The fourth-order valence-electron chi connectivity index (χ4n) is 5.14. The number of hydrogen-bond acceptors (Lipinski definition) is 5. The third-order valence-corrected chi connectivity index (χ3v) is 7.18. The van der Waals surface area contributed by atoms with Crippen LogP contribution in [-0.2, 0) is 11.3 Å². The first-order chi connectivity index (χ1) is 15.8. The molecule has 5 rings (SSSR count). The van der Waals surface area contributed by atoms with E-state index in [0.29, 0.717) is 12.5 Å². The molecule has 0 aromatic heterocycles. The standard InChI is InChI=1S/C24H27ClFN5O2/c1-14-7-9-16(10-8-14)29-11-15(2)12-30-20-21(27-23(29)30)28(3)24(33)31(22(20)32)13-17-18(25)5-4-6-19(17)26/h4-10,15,20-21,23,27H,11-13H2,1-3H3. The lowest BCUT2D eigenvalue weighted by Crippen LogP contribution is -2.66. The molecule has 2 aromatic carbocycles. The van der Waals surface area contributed by atoms with Gasteiger partial charge in [0.05, 0.1) is 6.54 Å². The van der Waals surface area contributed by atoms with Crippen molar-refractivity contribution < 1.29 is 14.0 Å². The van der Waals surface area contributed by atoms with Crippen molar-refractivity contribution in [1.82, 2.24) is 20.0 Å². The second kappa shape index (κ2) is 8.27. The fraction of sp³-hybridized carbons (Fsp3) is 0.417. The molecule has 4 atom stereocenters. The summed E-state index contributed by atoms with van der Waals surface area (Å²) in [5, 5.41) is 3.70. The minimum Gasteiger partial charge on any atom is -0.343 e. The van der Waals surface area contributed by atoms with E-state index < -0.39 is 24.1 Å². The van der Waals surface area contributed by atoms with Gasteiger partial charge in [0.25, 0.3) is 5.91 Å². The normalized spacial score (nSPS) is 27.7. The molecule has 3 aliphatic rings. The van der Waals surface area contributed by atoms with E-state index in [4.69, 9.17) is 11.6 Å². The first-order valence-electron chi connectivity index (χ1n) is 11.1. The number of halogens is 2. The molecule has 4 unspecified atom stereocenters. The van der Waals surface area contributed by atoms with Gasteiger partial charge >= 0.3 is 6.03 Å². The number of nitrogens with one attached hydrogen (secondary N) is 1. The van der Waals surface area contributed by atoms with Gasteiger partial charge in [-0.25, -0.2) is 9.18 Å². The van der Waals surface area contributed by atoms with Crippen LogP contribution < -0.4 is 10.2 Å². The van der Waals surface area contributed by atoms with Crippen LogP contribution in [0, 0.1) is 18.7 Å². The number of amides is 3. The molecule has 1 N–H and O–H groups in total. The van der Waals surface area contributed by atoms with Crippen LogP contribution in [0.5, 0.6) is 0 Å². The van der Waals surface area contributed by atoms with E-state index in [1.54, 1.807) is 13.1 Å². The molecule has 3 aliphatic heterocycles. The first kappa shape index (κ1) is 22.1. The van der Waals surface area contributed by atoms with Gasteiger partial charge in [0.1, 0.15) is 24.3 Å². The highest BCUT2D eigenvalue weighted by Crippen LogP contribution is 2.35. The zero-order valence-electron chi connectivity index (χ0n) is 18.8. The molecule has 0 saturated carbocycles. The maximum absolute atomic E-state index is 14.4. The molecule has 3 fully saturated rings. The molecule has 9 heteroatoms. The van der Waals surface area contributed by atoms with E-state index >= 15 is 0 Å². The molecule has 3 amide bonds. The Balaban J connectivity index is 1.47. The number of imide groups is 1. The third kappa shape index (κ3) is 3.66. The summed E-state index contributed by atoms with van der Waals surface area (Å²) in [6, 6.07) is 11.6. The van der Waals surface area contributed by atoms with Gasteiger partial charge in [-0.2, -0.15) is 0 Å². The molecule has 0 aliphatic carbocycles. The van der Waals surface area contributed by atoms with Crippen molar-refractivity contribution in [3.8, 4) is 0 Å². The molecule has 2 aromatic rings. The average Bonchev–Trinajstić information content (AvgIpc) is 3.16. The highest BCUT2D eigenvalue weighted by molar-refractivity contribution is 6.31. The van der Waals surface area contributed by atoms with Crippen molar-refractivity contribution in [3.05, 3.63) is 64.4 Å². The van der Waals surface area contributed by atoms with Crippen LogP contribution in [0.15, 0.2) is 42.5 Å². The van der Waals surface area contributed by atoms with E-state index in [1.165, 1.54) is 22.6 Å². The second-order valence-corrected chi connectivity index (χ2v) is 9.65. The SMILES string of the molecule is Cc1ccc(N2CC(C)CN3C4C(=O)N(Cc5c(F)cccc5Cl)C(=O)N(C)C4NC23)cc1. The van der Waals surface area contributed by atoms with Gasteiger partial charge < -0.3 is 9.80 Å². The molecule has 174 valence electrons. The summed E-state index contributed by atoms with van der Waals surface area (Å²) in [7, 11) is 1.67. The molecule has 0 spiro atoms.